The number of rotatable bonds is 4. The van der Waals surface area contributed by atoms with Gasteiger partial charge < -0.3 is 15.4 Å². The first kappa shape index (κ1) is 19.3. The molecule has 7 nitrogen and oxygen atoms in total. The lowest BCUT2D eigenvalue weighted by atomic mass is 10.1. The predicted octanol–water partition coefficient (Wildman–Crippen LogP) is 1.49. The van der Waals surface area contributed by atoms with Crippen LogP contribution in [0.4, 0.5) is 5.69 Å². The fourth-order valence-corrected chi connectivity index (χ4v) is 5.22. The number of hydrogen-bond donors (Lipinski definition) is 2. The van der Waals surface area contributed by atoms with Gasteiger partial charge in [0.05, 0.1) is 17.6 Å². The molecule has 0 unspecified atom stereocenters. The van der Waals surface area contributed by atoms with E-state index in [0.29, 0.717) is 37.5 Å². The molecule has 0 bridgehead atoms. The predicted molar refractivity (Wildman–Crippen MR) is 99.6 cm³/mol. The molecule has 2 aliphatic heterocycles. The Morgan fingerprint density at radius 3 is 2.69 bits per heavy atom. The number of aryl methyl sites for hydroxylation is 1. The fraction of sp³-hybridized carbons (Fsp3) is 0.611. The van der Waals surface area contributed by atoms with Gasteiger partial charge in [-0.25, -0.2) is 8.42 Å². The summed E-state index contributed by atoms with van der Waals surface area (Å²) in [5.41, 5.74) is 1.16. The van der Waals surface area contributed by atoms with Gasteiger partial charge in [0.2, 0.25) is 15.9 Å². The van der Waals surface area contributed by atoms with Crippen LogP contribution < -0.4 is 10.6 Å². The lowest BCUT2D eigenvalue weighted by Gasteiger charge is -2.29. The van der Waals surface area contributed by atoms with Gasteiger partial charge >= 0.3 is 0 Å². The standard InChI is InChI=1S/C18H27N3O4S/c1-13-6-7-15(20-18(22)17-14(2)25-11-8-19-17)12-16(13)26(23,24)21-9-4-3-5-10-21/h6-7,12,14,17,19H,3-5,8-11H2,1-2H3,(H,20,22)/t14-,17+/m1/s1. The normalized spacial score (nSPS) is 25.0. The van der Waals surface area contributed by atoms with E-state index in [-0.39, 0.29) is 16.9 Å². The van der Waals surface area contributed by atoms with Crippen LogP contribution >= 0.6 is 0 Å². The number of sulfonamides is 1. The number of morpholine rings is 1. The first-order valence-electron chi connectivity index (χ1n) is 9.16. The fourth-order valence-electron chi connectivity index (χ4n) is 3.45. The minimum Gasteiger partial charge on any atom is -0.375 e. The number of anilines is 1. The van der Waals surface area contributed by atoms with Gasteiger partial charge in [-0.2, -0.15) is 4.31 Å². The van der Waals surface area contributed by atoms with Crippen molar-refractivity contribution in [2.75, 3.05) is 31.6 Å². The number of carbonyl (C=O) groups excluding carboxylic acids is 1. The number of nitrogens with one attached hydrogen (secondary N) is 2. The van der Waals surface area contributed by atoms with Gasteiger partial charge in [-0.3, -0.25) is 4.79 Å². The van der Waals surface area contributed by atoms with E-state index in [2.05, 4.69) is 10.6 Å². The number of piperidine rings is 1. The monoisotopic (exact) mass is 381 g/mol. The van der Waals surface area contributed by atoms with E-state index >= 15 is 0 Å². The molecule has 0 saturated carbocycles. The van der Waals surface area contributed by atoms with E-state index in [0.717, 1.165) is 19.3 Å². The molecule has 2 heterocycles. The summed E-state index contributed by atoms with van der Waals surface area (Å²) in [5, 5.41) is 5.95. The maximum atomic E-state index is 13.0. The van der Waals surface area contributed by atoms with Crippen LogP contribution in [0.15, 0.2) is 23.1 Å². The largest absolute Gasteiger partial charge is 0.375 e. The molecule has 2 N–H and O–H groups in total. The minimum atomic E-state index is -3.54. The number of hydrogen-bond acceptors (Lipinski definition) is 5. The van der Waals surface area contributed by atoms with E-state index in [4.69, 9.17) is 4.74 Å². The molecular formula is C18H27N3O4S. The first-order chi connectivity index (χ1) is 12.4. The molecule has 2 saturated heterocycles. The van der Waals surface area contributed by atoms with Crippen LogP contribution in [0.3, 0.4) is 0 Å². The zero-order chi connectivity index (χ0) is 18.7. The molecule has 1 aromatic carbocycles. The van der Waals surface area contributed by atoms with Crippen molar-refractivity contribution in [2.45, 2.75) is 50.2 Å². The molecule has 0 aliphatic carbocycles. The van der Waals surface area contributed by atoms with Crippen molar-refractivity contribution in [2.24, 2.45) is 0 Å². The molecular weight excluding hydrogens is 354 g/mol. The summed E-state index contributed by atoms with van der Waals surface area (Å²) in [5.74, 6) is -0.220. The van der Waals surface area contributed by atoms with Crippen molar-refractivity contribution in [1.82, 2.24) is 9.62 Å². The Morgan fingerprint density at radius 2 is 2.00 bits per heavy atom. The molecule has 8 heteroatoms. The summed E-state index contributed by atoms with van der Waals surface area (Å²) in [6.07, 6.45) is 2.61. The van der Waals surface area contributed by atoms with Crippen LogP contribution in [-0.2, 0) is 19.6 Å². The lowest BCUT2D eigenvalue weighted by molar-refractivity contribution is -0.123. The van der Waals surface area contributed by atoms with Crippen molar-refractivity contribution in [3.8, 4) is 0 Å². The van der Waals surface area contributed by atoms with E-state index in [1.807, 2.05) is 6.92 Å². The van der Waals surface area contributed by atoms with E-state index in [9.17, 15) is 13.2 Å². The summed E-state index contributed by atoms with van der Waals surface area (Å²) in [4.78, 5) is 12.8. The quantitative estimate of drug-likeness (QED) is 0.825. The third kappa shape index (κ3) is 4.09. The van der Waals surface area contributed by atoms with Gasteiger partial charge in [-0.15, -0.1) is 0 Å². The average Bonchev–Trinajstić information content (AvgIpc) is 2.64. The maximum Gasteiger partial charge on any atom is 0.244 e. The van der Waals surface area contributed by atoms with Crippen LogP contribution in [0.25, 0.3) is 0 Å². The van der Waals surface area contributed by atoms with Crippen LogP contribution in [0.2, 0.25) is 0 Å². The molecule has 2 aliphatic rings. The molecule has 2 fully saturated rings. The highest BCUT2D eigenvalue weighted by atomic mass is 32.2. The van der Waals surface area contributed by atoms with Gasteiger partial charge in [0.25, 0.3) is 0 Å². The Labute approximate surface area is 155 Å². The zero-order valence-corrected chi connectivity index (χ0v) is 16.1. The summed E-state index contributed by atoms with van der Waals surface area (Å²) in [7, 11) is -3.54. The Hall–Kier alpha value is -1.48. The third-order valence-electron chi connectivity index (χ3n) is 4.99. The van der Waals surface area contributed by atoms with Crippen LogP contribution in [-0.4, -0.2) is 57.0 Å². The molecule has 0 aromatic heterocycles. The molecule has 2 atom stereocenters. The number of benzene rings is 1. The number of amides is 1. The minimum absolute atomic E-state index is 0.220. The Balaban J connectivity index is 1.80. The van der Waals surface area contributed by atoms with Gasteiger partial charge in [-0.05, 0) is 44.4 Å². The highest BCUT2D eigenvalue weighted by molar-refractivity contribution is 7.89. The van der Waals surface area contributed by atoms with Crippen LogP contribution in [0.5, 0.6) is 0 Å². The SMILES string of the molecule is Cc1ccc(NC(=O)[C@H]2NCCO[C@@H]2C)cc1S(=O)(=O)N1CCCCC1. The van der Waals surface area contributed by atoms with Gasteiger partial charge in [-0.1, -0.05) is 12.5 Å². The molecule has 0 spiro atoms. The lowest BCUT2D eigenvalue weighted by Crippen LogP contribution is -2.53. The van der Waals surface area contributed by atoms with Crippen molar-refractivity contribution < 1.29 is 17.9 Å². The summed E-state index contributed by atoms with van der Waals surface area (Å²) < 4.78 is 33.0. The topological polar surface area (TPSA) is 87.7 Å². The Bertz CT molecular complexity index is 760. The van der Waals surface area contributed by atoms with Gasteiger partial charge in [0.15, 0.2) is 0 Å². The van der Waals surface area contributed by atoms with E-state index in [1.54, 1.807) is 29.4 Å². The number of ether oxygens (including phenoxy) is 1. The van der Waals surface area contributed by atoms with Crippen LogP contribution in [0.1, 0.15) is 31.7 Å². The van der Waals surface area contributed by atoms with Crippen molar-refractivity contribution >= 4 is 21.6 Å². The highest BCUT2D eigenvalue weighted by Crippen LogP contribution is 2.26. The van der Waals surface area contributed by atoms with Gasteiger partial charge in [0.1, 0.15) is 6.04 Å². The zero-order valence-electron chi connectivity index (χ0n) is 15.3. The second kappa shape index (κ2) is 8.04. The molecule has 144 valence electrons. The molecule has 0 radical (unpaired) electrons. The Morgan fingerprint density at radius 1 is 1.27 bits per heavy atom. The smallest absolute Gasteiger partial charge is 0.244 e. The maximum absolute atomic E-state index is 13.0. The van der Waals surface area contributed by atoms with E-state index < -0.39 is 16.1 Å². The highest BCUT2D eigenvalue weighted by Gasteiger charge is 2.30. The number of carbonyl (C=O) groups is 1. The van der Waals surface area contributed by atoms with Crippen molar-refractivity contribution in [3.63, 3.8) is 0 Å². The molecule has 1 aromatic rings. The average molecular weight is 381 g/mol. The molecule has 3 rings (SSSR count). The van der Waals surface area contributed by atoms with E-state index in [1.165, 1.54) is 0 Å². The van der Waals surface area contributed by atoms with Crippen molar-refractivity contribution in [3.05, 3.63) is 23.8 Å². The third-order valence-corrected chi connectivity index (χ3v) is 7.03. The summed E-state index contributed by atoms with van der Waals surface area (Å²) in [6, 6.07) is 4.58. The molecule has 26 heavy (non-hydrogen) atoms. The Kier molecular flexibility index (Phi) is 5.96. The number of nitrogens with zero attached hydrogens (tertiary/aromatic N) is 1. The summed E-state index contributed by atoms with van der Waals surface area (Å²) >= 11 is 0. The second-order valence-electron chi connectivity index (χ2n) is 6.94. The molecule has 1 amide bonds. The van der Waals surface area contributed by atoms with Crippen molar-refractivity contribution in [1.29, 1.82) is 0 Å². The second-order valence-corrected chi connectivity index (χ2v) is 8.85. The first-order valence-corrected chi connectivity index (χ1v) is 10.6. The van der Waals surface area contributed by atoms with Gasteiger partial charge in [0, 0.05) is 25.3 Å². The summed E-state index contributed by atoms with van der Waals surface area (Å²) in [6.45, 7) is 5.93. The van der Waals surface area contributed by atoms with Crippen LogP contribution in [0, 0.1) is 6.92 Å².